The predicted molar refractivity (Wildman–Crippen MR) is 118 cm³/mol. The van der Waals surface area contributed by atoms with E-state index in [0.29, 0.717) is 13.1 Å². The van der Waals surface area contributed by atoms with E-state index >= 15 is 0 Å². The first-order valence-electron chi connectivity index (χ1n) is 10.3. The number of benzene rings is 2. The molecule has 0 aliphatic rings. The second-order valence-electron chi connectivity index (χ2n) is 7.65. The highest BCUT2D eigenvalue weighted by molar-refractivity contribution is 5.77. The van der Waals surface area contributed by atoms with Crippen LogP contribution in [0.4, 0.5) is 4.39 Å². The number of aromatic nitrogens is 2. The normalized spacial score (nSPS) is 11.1. The molecule has 1 aromatic heterocycles. The minimum atomic E-state index is -0.253. The van der Waals surface area contributed by atoms with E-state index in [0.717, 1.165) is 42.8 Å². The number of rotatable bonds is 10. The number of likely N-dealkylation sites (N-methyl/N-ethyl adjacent to an activating group) is 1. The molecular formula is C24H29FN4O. The van der Waals surface area contributed by atoms with Gasteiger partial charge in [0.1, 0.15) is 5.82 Å². The van der Waals surface area contributed by atoms with Gasteiger partial charge in [-0.15, -0.1) is 0 Å². The van der Waals surface area contributed by atoms with E-state index in [2.05, 4.69) is 34.6 Å². The van der Waals surface area contributed by atoms with E-state index in [4.69, 9.17) is 0 Å². The third-order valence-corrected chi connectivity index (χ3v) is 5.15. The van der Waals surface area contributed by atoms with Gasteiger partial charge in [-0.1, -0.05) is 24.3 Å². The largest absolute Gasteiger partial charge is 0.355 e. The van der Waals surface area contributed by atoms with Crippen molar-refractivity contribution in [1.29, 1.82) is 0 Å². The molecule has 3 aromatic rings. The first kappa shape index (κ1) is 21.7. The quantitative estimate of drug-likeness (QED) is 0.537. The van der Waals surface area contributed by atoms with Crippen LogP contribution in [0.1, 0.15) is 23.2 Å². The number of amides is 1. The molecule has 0 aliphatic carbocycles. The summed E-state index contributed by atoms with van der Waals surface area (Å²) >= 11 is 0. The Balaban J connectivity index is 1.34. The number of nitrogens with zero attached hydrogens (tertiary/aromatic N) is 2. The summed E-state index contributed by atoms with van der Waals surface area (Å²) in [6.45, 7) is 3.94. The number of halogens is 1. The maximum atomic E-state index is 13.0. The van der Waals surface area contributed by atoms with Crippen molar-refractivity contribution in [2.75, 3.05) is 26.7 Å². The summed E-state index contributed by atoms with van der Waals surface area (Å²) in [5, 5.41) is 10.3. The number of aromatic amines is 1. The molecule has 5 nitrogen and oxygen atoms in total. The molecule has 0 saturated heterocycles. The Labute approximate surface area is 177 Å². The molecule has 6 heteroatoms. The van der Waals surface area contributed by atoms with Crippen LogP contribution in [-0.4, -0.2) is 47.7 Å². The van der Waals surface area contributed by atoms with Crippen LogP contribution in [0.15, 0.2) is 54.6 Å². The number of carbonyl (C=O) groups is 1. The van der Waals surface area contributed by atoms with Gasteiger partial charge in [0.2, 0.25) is 5.91 Å². The van der Waals surface area contributed by atoms with E-state index in [1.807, 2.05) is 30.1 Å². The highest BCUT2D eigenvalue weighted by Crippen LogP contribution is 2.18. The van der Waals surface area contributed by atoms with Gasteiger partial charge in [-0.3, -0.25) is 14.8 Å². The first-order valence-corrected chi connectivity index (χ1v) is 10.3. The van der Waals surface area contributed by atoms with E-state index < -0.39 is 0 Å². The summed E-state index contributed by atoms with van der Waals surface area (Å²) in [6, 6.07) is 16.6. The molecule has 0 atom stereocenters. The van der Waals surface area contributed by atoms with Gasteiger partial charge in [-0.25, -0.2) is 4.39 Å². The highest BCUT2D eigenvalue weighted by Gasteiger charge is 2.08. The van der Waals surface area contributed by atoms with Gasteiger partial charge in [0.25, 0.3) is 0 Å². The van der Waals surface area contributed by atoms with Gasteiger partial charge in [-0.2, -0.15) is 5.10 Å². The lowest BCUT2D eigenvalue weighted by atomic mass is 10.1. The summed E-state index contributed by atoms with van der Waals surface area (Å²) in [5.41, 5.74) is 5.26. The fourth-order valence-electron chi connectivity index (χ4n) is 3.40. The lowest BCUT2D eigenvalue weighted by Gasteiger charge is -2.16. The Kier molecular flexibility index (Phi) is 7.74. The molecule has 0 saturated carbocycles. The summed E-state index contributed by atoms with van der Waals surface area (Å²) in [5.74, 6) is -0.206. The molecule has 0 fully saturated rings. The minimum Gasteiger partial charge on any atom is -0.355 e. The number of hydrogen-bond donors (Lipinski definition) is 2. The predicted octanol–water partition coefficient (Wildman–Crippen LogP) is 3.75. The van der Waals surface area contributed by atoms with Crippen molar-refractivity contribution in [3.05, 3.63) is 77.2 Å². The van der Waals surface area contributed by atoms with E-state index in [-0.39, 0.29) is 11.7 Å². The van der Waals surface area contributed by atoms with Crippen molar-refractivity contribution in [3.8, 4) is 11.3 Å². The molecule has 2 N–H and O–H groups in total. The molecule has 1 heterocycles. The van der Waals surface area contributed by atoms with Gasteiger partial charge in [0.05, 0.1) is 12.2 Å². The molecule has 0 aliphatic heterocycles. The Morgan fingerprint density at radius 2 is 1.90 bits per heavy atom. The molecule has 1 amide bonds. The van der Waals surface area contributed by atoms with Gasteiger partial charge in [-0.05, 0) is 81.2 Å². The Hall–Kier alpha value is -2.99. The zero-order chi connectivity index (χ0) is 21.3. The van der Waals surface area contributed by atoms with Crippen LogP contribution >= 0.6 is 0 Å². The van der Waals surface area contributed by atoms with Crippen LogP contribution in [0.2, 0.25) is 0 Å². The third kappa shape index (κ3) is 6.52. The Morgan fingerprint density at radius 1 is 1.13 bits per heavy atom. The van der Waals surface area contributed by atoms with Crippen molar-refractivity contribution >= 4 is 5.91 Å². The average molecular weight is 409 g/mol. The Bertz CT molecular complexity index is 952. The molecule has 3 rings (SSSR count). The van der Waals surface area contributed by atoms with Crippen molar-refractivity contribution in [1.82, 2.24) is 20.4 Å². The average Bonchev–Trinajstić information content (AvgIpc) is 3.19. The second-order valence-corrected chi connectivity index (χ2v) is 7.65. The second kappa shape index (κ2) is 10.7. The SMILES string of the molecule is Cc1ccccc1CCNC(=O)CN(C)CCCc1cc(-c2ccc(F)cc2)n[nH]1. The fourth-order valence-corrected chi connectivity index (χ4v) is 3.40. The van der Waals surface area contributed by atoms with Crippen molar-refractivity contribution in [2.45, 2.75) is 26.2 Å². The molecular weight excluding hydrogens is 379 g/mol. The Morgan fingerprint density at radius 3 is 2.67 bits per heavy atom. The molecule has 0 radical (unpaired) electrons. The molecule has 0 bridgehead atoms. The number of H-pyrrole nitrogens is 1. The standard InChI is InChI=1S/C24H29FN4O/c1-18-6-3-4-7-19(18)13-14-26-24(30)17-29(2)15-5-8-22-16-23(28-27-22)20-9-11-21(25)12-10-20/h3-4,6-7,9-12,16H,5,8,13-15,17H2,1-2H3,(H,26,30)(H,27,28). The summed E-state index contributed by atoms with van der Waals surface area (Å²) in [4.78, 5) is 14.2. The third-order valence-electron chi connectivity index (χ3n) is 5.15. The molecule has 0 spiro atoms. The summed E-state index contributed by atoms with van der Waals surface area (Å²) in [6.07, 6.45) is 2.60. The molecule has 158 valence electrons. The van der Waals surface area contributed by atoms with Crippen molar-refractivity contribution < 1.29 is 9.18 Å². The van der Waals surface area contributed by atoms with Crippen LogP contribution in [-0.2, 0) is 17.6 Å². The number of nitrogens with one attached hydrogen (secondary N) is 2. The number of aryl methyl sites for hydroxylation is 2. The maximum Gasteiger partial charge on any atom is 0.234 e. The lowest BCUT2D eigenvalue weighted by molar-refractivity contribution is -0.121. The zero-order valence-corrected chi connectivity index (χ0v) is 17.6. The topological polar surface area (TPSA) is 61.0 Å². The smallest absolute Gasteiger partial charge is 0.234 e. The maximum absolute atomic E-state index is 13.0. The van der Waals surface area contributed by atoms with Gasteiger partial charge in [0, 0.05) is 17.8 Å². The van der Waals surface area contributed by atoms with Crippen LogP contribution in [0.25, 0.3) is 11.3 Å². The number of hydrogen-bond acceptors (Lipinski definition) is 3. The summed E-state index contributed by atoms with van der Waals surface area (Å²) < 4.78 is 13.0. The van der Waals surface area contributed by atoms with Crippen LogP contribution < -0.4 is 5.32 Å². The fraction of sp³-hybridized carbons (Fsp3) is 0.333. The van der Waals surface area contributed by atoms with Gasteiger partial charge in [0.15, 0.2) is 0 Å². The molecule has 0 unspecified atom stereocenters. The highest BCUT2D eigenvalue weighted by atomic mass is 19.1. The van der Waals surface area contributed by atoms with Crippen LogP contribution in [0, 0.1) is 12.7 Å². The summed E-state index contributed by atoms with van der Waals surface area (Å²) in [7, 11) is 1.96. The van der Waals surface area contributed by atoms with Gasteiger partial charge >= 0.3 is 0 Å². The van der Waals surface area contributed by atoms with Crippen molar-refractivity contribution in [3.63, 3.8) is 0 Å². The minimum absolute atomic E-state index is 0.0474. The van der Waals surface area contributed by atoms with Crippen molar-refractivity contribution in [2.24, 2.45) is 0 Å². The molecule has 2 aromatic carbocycles. The van der Waals surface area contributed by atoms with E-state index in [1.165, 1.54) is 23.3 Å². The number of carbonyl (C=O) groups excluding carboxylic acids is 1. The first-order chi connectivity index (χ1) is 14.5. The zero-order valence-electron chi connectivity index (χ0n) is 17.6. The van der Waals surface area contributed by atoms with Crippen LogP contribution in [0.5, 0.6) is 0 Å². The van der Waals surface area contributed by atoms with E-state index in [9.17, 15) is 9.18 Å². The van der Waals surface area contributed by atoms with Crippen LogP contribution in [0.3, 0.4) is 0 Å². The molecule has 30 heavy (non-hydrogen) atoms. The lowest BCUT2D eigenvalue weighted by Crippen LogP contribution is -2.36. The monoisotopic (exact) mass is 408 g/mol. The van der Waals surface area contributed by atoms with Gasteiger partial charge < -0.3 is 5.32 Å². The van der Waals surface area contributed by atoms with E-state index in [1.54, 1.807) is 12.1 Å².